The highest BCUT2D eigenvalue weighted by molar-refractivity contribution is 14.0. The lowest BCUT2D eigenvalue weighted by Gasteiger charge is -1.96. The second-order valence-corrected chi connectivity index (χ2v) is 2.17. The monoisotopic (exact) mass is 267 g/mol. The molecule has 0 aliphatic heterocycles. The molecule has 0 amide bonds. The molecule has 11 heavy (non-hydrogen) atoms. The molecule has 0 aliphatic rings. The number of hydrogen-bond acceptors (Lipinski definition) is 1. The van der Waals surface area contributed by atoms with Crippen LogP contribution in [-0.4, -0.2) is 6.54 Å². The van der Waals surface area contributed by atoms with Gasteiger partial charge >= 0.3 is 0 Å². The Labute approximate surface area is 82.8 Å². The van der Waals surface area contributed by atoms with E-state index in [4.69, 9.17) is 5.73 Å². The minimum absolute atomic E-state index is 0. The Balaban J connectivity index is 0.000001000. The molecule has 62 valence electrons. The van der Waals surface area contributed by atoms with Gasteiger partial charge in [-0.05, 0) is 30.7 Å². The number of nitrogens with two attached hydrogens (primary N) is 1. The molecule has 0 spiro atoms. The topological polar surface area (TPSA) is 26.0 Å². The zero-order valence-electron chi connectivity index (χ0n) is 6.09. The molecule has 0 aliphatic carbocycles. The molecule has 0 radical (unpaired) electrons. The van der Waals surface area contributed by atoms with Crippen LogP contribution in [0.4, 0.5) is 4.39 Å². The zero-order valence-corrected chi connectivity index (χ0v) is 8.42. The standard InChI is InChI=1S/C8H10FN.HI/c9-8-3-1-2-7(6-8)4-5-10;/h1-3,6H,4-5,10H2;1H. The van der Waals surface area contributed by atoms with Gasteiger partial charge in [-0.2, -0.15) is 0 Å². The maximum Gasteiger partial charge on any atom is 0.123 e. The van der Waals surface area contributed by atoms with E-state index in [9.17, 15) is 4.39 Å². The lowest BCUT2D eigenvalue weighted by Crippen LogP contribution is -2.02. The minimum atomic E-state index is -0.189. The van der Waals surface area contributed by atoms with E-state index < -0.39 is 0 Å². The van der Waals surface area contributed by atoms with Crippen LogP contribution in [0.25, 0.3) is 0 Å². The molecule has 1 aromatic carbocycles. The molecule has 0 saturated carbocycles. The Morgan fingerprint density at radius 3 is 2.64 bits per heavy atom. The zero-order chi connectivity index (χ0) is 7.40. The van der Waals surface area contributed by atoms with Gasteiger partial charge in [0, 0.05) is 0 Å². The molecule has 3 heteroatoms. The van der Waals surface area contributed by atoms with Gasteiger partial charge in [0.05, 0.1) is 0 Å². The van der Waals surface area contributed by atoms with Gasteiger partial charge in [-0.3, -0.25) is 0 Å². The lowest BCUT2D eigenvalue weighted by atomic mass is 10.1. The summed E-state index contributed by atoms with van der Waals surface area (Å²) in [6.45, 7) is 0.573. The first-order valence-corrected chi connectivity index (χ1v) is 3.27. The molecule has 1 aromatic rings. The van der Waals surface area contributed by atoms with Crippen molar-refractivity contribution in [3.63, 3.8) is 0 Å². The van der Waals surface area contributed by atoms with Crippen LogP contribution in [0, 0.1) is 5.82 Å². The molecular formula is C8H11FIN. The highest BCUT2D eigenvalue weighted by Crippen LogP contribution is 2.02. The summed E-state index contributed by atoms with van der Waals surface area (Å²) >= 11 is 0. The maximum atomic E-state index is 12.4. The summed E-state index contributed by atoms with van der Waals surface area (Å²) in [6, 6.07) is 6.50. The molecule has 0 atom stereocenters. The van der Waals surface area contributed by atoms with E-state index in [1.54, 1.807) is 6.07 Å². The van der Waals surface area contributed by atoms with E-state index in [1.807, 2.05) is 6.07 Å². The Morgan fingerprint density at radius 1 is 1.36 bits per heavy atom. The first-order chi connectivity index (χ1) is 4.83. The van der Waals surface area contributed by atoms with Gasteiger partial charge in [-0.15, -0.1) is 24.0 Å². The van der Waals surface area contributed by atoms with Crippen LogP contribution in [0.3, 0.4) is 0 Å². The van der Waals surface area contributed by atoms with Crippen molar-refractivity contribution in [3.05, 3.63) is 35.6 Å². The molecule has 1 nitrogen and oxygen atoms in total. The van der Waals surface area contributed by atoms with E-state index >= 15 is 0 Å². The Hall–Kier alpha value is -0.160. The average Bonchev–Trinajstić information content (AvgIpc) is 1.88. The third-order valence-electron chi connectivity index (χ3n) is 1.32. The fraction of sp³-hybridized carbons (Fsp3) is 0.250. The van der Waals surface area contributed by atoms with Crippen LogP contribution in [-0.2, 0) is 6.42 Å². The van der Waals surface area contributed by atoms with Crippen LogP contribution >= 0.6 is 24.0 Å². The normalized spacial score (nSPS) is 8.91. The fourth-order valence-electron chi connectivity index (χ4n) is 0.859. The summed E-state index contributed by atoms with van der Waals surface area (Å²) in [5.74, 6) is -0.189. The first kappa shape index (κ1) is 10.8. The number of rotatable bonds is 2. The highest BCUT2D eigenvalue weighted by atomic mass is 127. The van der Waals surface area contributed by atoms with Crippen molar-refractivity contribution in [2.75, 3.05) is 6.54 Å². The van der Waals surface area contributed by atoms with Gasteiger partial charge in [0.25, 0.3) is 0 Å². The third-order valence-corrected chi connectivity index (χ3v) is 1.32. The summed E-state index contributed by atoms with van der Waals surface area (Å²) in [4.78, 5) is 0. The predicted molar refractivity (Wildman–Crippen MR) is 54.6 cm³/mol. The van der Waals surface area contributed by atoms with Crippen LogP contribution in [0.2, 0.25) is 0 Å². The molecule has 0 bridgehead atoms. The Kier molecular flexibility index (Phi) is 5.41. The average molecular weight is 267 g/mol. The van der Waals surface area contributed by atoms with Crippen LogP contribution in [0.1, 0.15) is 5.56 Å². The van der Waals surface area contributed by atoms with Gasteiger partial charge in [0.2, 0.25) is 0 Å². The molecule has 0 fully saturated rings. The van der Waals surface area contributed by atoms with Crippen molar-refractivity contribution >= 4 is 24.0 Å². The largest absolute Gasteiger partial charge is 0.330 e. The molecule has 0 unspecified atom stereocenters. The molecule has 0 heterocycles. The summed E-state index contributed by atoms with van der Waals surface area (Å²) in [6.07, 6.45) is 0.748. The van der Waals surface area contributed by atoms with Crippen LogP contribution < -0.4 is 5.73 Å². The smallest absolute Gasteiger partial charge is 0.123 e. The Morgan fingerprint density at radius 2 is 2.09 bits per heavy atom. The Bertz CT molecular complexity index is 215. The van der Waals surface area contributed by atoms with Crippen molar-refractivity contribution in [2.45, 2.75) is 6.42 Å². The second-order valence-electron chi connectivity index (χ2n) is 2.17. The van der Waals surface area contributed by atoms with Crippen molar-refractivity contribution in [2.24, 2.45) is 5.73 Å². The quantitative estimate of drug-likeness (QED) is 0.814. The van der Waals surface area contributed by atoms with E-state index in [0.29, 0.717) is 6.54 Å². The summed E-state index contributed by atoms with van der Waals surface area (Å²) in [5, 5.41) is 0. The van der Waals surface area contributed by atoms with Crippen molar-refractivity contribution in [1.29, 1.82) is 0 Å². The molecule has 1 rings (SSSR count). The summed E-state index contributed by atoms with van der Waals surface area (Å²) in [7, 11) is 0. The molecule has 0 saturated heterocycles. The van der Waals surface area contributed by atoms with E-state index in [0.717, 1.165) is 12.0 Å². The molecular weight excluding hydrogens is 256 g/mol. The van der Waals surface area contributed by atoms with E-state index in [2.05, 4.69) is 0 Å². The molecule has 2 N–H and O–H groups in total. The maximum absolute atomic E-state index is 12.4. The first-order valence-electron chi connectivity index (χ1n) is 3.27. The second kappa shape index (κ2) is 5.49. The van der Waals surface area contributed by atoms with Crippen molar-refractivity contribution in [3.8, 4) is 0 Å². The number of benzene rings is 1. The molecule has 0 aromatic heterocycles. The van der Waals surface area contributed by atoms with Gasteiger partial charge in [0.1, 0.15) is 5.82 Å². The summed E-state index contributed by atoms with van der Waals surface area (Å²) < 4.78 is 12.4. The lowest BCUT2D eigenvalue weighted by molar-refractivity contribution is 0.625. The van der Waals surface area contributed by atoms with Gasteiger partial charge < -0.3 is 5.73 Å². The summed E-state index contributed by atoms with van der Waals surface area (Å²) in [5.41, 5.74) is 6.25. The van der Waals surface area contributed by atoms with Crippen molar-refractivity contribution < 1.29 is 4.39 Å². The van der Waals surface area contributed by atoms with Crippen LogP contribution in [0.15, 0.2) is 24.3 Å². The van der Waals surface area contributed by atoms with Gasteiger partial charge in [-0.25, -0.2) is 4.39 Å². The van der Waals surface area contributed by atoms with Crippen molar-refractivity contribution in [1.82, 2.24) is 0 Å². The van der Waals surface area contributed by atoms with Gasteiger partial charge in [0.15, 0.2) is 0 Å². The third kappa shape index (κ3) is 3.67. The van der Waals surface area contributed by atoms with Gasteiger partial charge in [-0.1, -0.05) is 12.1 Å². The van der Waals surface area contributed by atoms with Crippen LogP contribution in [0.5, 0.6) is 0 Å². The predicted octanol–water partition coefficient (Wildman–Crippen LogP) is 1.94. The van der Waals surface area contributed by atoms with E-state index in [-0.39, 0.29) is 29.8 Å². The highest BCUT2D eigenvalue weighted by Gasteiger charge is 1.91. The minimum Gasteiger partial charge on any atom is -0.330 e. The number of hydrogen-bond donors (Lipinski definition) is 1. The van der Waals surface area contributed by atoms with E-state index in [1.165, 1.54) is 12.1 Å². The number of halogens is 2. The SMILES string of the molecule is I.NCCc1cccc(F)c1. The fourth-order valence-corrected chi connectivity index (χ4v) is 0.859.